The maximum Gasteiger partial charge on any atom is 0.0451 e. The molecule has 1 rings (SSSR count). The molecular formula is C10H18N2O. The molecule has 1 aromatic heterocycles. The lowest BCUT2D eigenvalue weighted by Gasteiger charge is -2.10. The smallest absolute Gasteiger partial charge is 0.0451 e. The molecule has 0 aliphatic heterocycles. The Morgan fingerprint density at radius 2 is 2.23 bits per heavy atom. The van der Waals surface area contributed by atoms with Crippen molar-refractivity contribution in [2.24, 2.45) is 5.73 Å². The van der Waals surface area contributed by atoms with E-state index in [-0.39, 0.29) is 12.6 Å². The Morgan fingerprint density at radius 1 is 1.54 bits per heavy atom. The van der Waals surface area contributed by atoms with Crippen LogP contribution in [0.1, 0.15) is 35.8 Å². The van der Waals surface area contributed by atoms with E-state index in [4.69, 9.17) is 10.8 Å². The van der Waals surface area contributed by atoms with Gasteiger partial charge in [-0.05, 0) is 38.3 Å². The average molecular weight is 182 g/mol. The van der Waals surface area contributed by atoms with Crippen molar-refractivity contribution in [2.45, 2.75) is 32.7 Å². The van der Waals surface area contributed by atoms with Gasteiger partial charge in [0.1, 0.15) is 0 Å². The van der Waals surface area contributed by atoms with E-state index in [1.54, 1.807) is 0 Å². The third-order valence-corrected chi connectivity index (χ3v) is 2.23. The molecule has 0 unspecified atom stereocenters. The highest BCUT2D eigenvalue weighted by Gasteiger charge is 2.10. The number of hydrogen-bond acceptors (Lipinski definition) is 2. The Hall–Kier alpha value is -0.800. The fourth-order valence-electron chi connectivity index (χ4n) is 1.59. The molecule has 13 heavy (non-hydrogen) atoms. The number of aliphatic hydroxyl groups is 1. The summed E-state index contributed by atoms with van der Waals surface area (Å²) < 4.78 is 0. The molecule has 0 saturated carbocycles. The van der Waals surface area contributed by atoms with Crippen LogP contribution in [0.3, 0.4) is 0 Å². The minimum atomic E-state index is 0.0286. The van der Waals surface area contributed by atoms with Crippen LogP contribution in [0.4, 0.5) is 0 Å². The standard InChI is InChI=1S/C10H18N2O/c1-7-6-8(2)12-10(7)9(11)4-3-5-13/h6,9,12-13H,3-5,11H2,1-2H3/t9-/m1/s1. The molecule has 0 spiro atoms. The topological polar surface area (TPSA) is 62.0 Å². The van der Waals surface area contributed by atoms with Crippen LogP contribution in [0.5, 0.6) is 0 Å². The van der Waals surface area contributed by atoms with E-state index < -0.39 is 0 Å². The maximum atomic E-state index is 8.67. The Morgan fingerprint density at radius 3 is 2.69 bits per heavy atom. The number of aromatic nitrogens is 1. The van der Waals surface area contributed by atoms with Gasteiger partial charge in [-0.2, -0.15) is 0 Å². The van der Waals surface area contributed by atoms with Gasteiger partial charge in [0.05, 0.1) is 0 Å². The number of hydrogen-bond donors (Lipinski definition) is 3. The Kier molecular flexibility index (Phi) is 3.51. The second kappa shape index (κ2) is 4.44. The summed E-state index contributed by atoms with van der Waals surface area (Å²) in [4.78, 5) is 3.25. The second-order valence-electron chi connectivity index (χ2n) is 3.52. The maximum absolute atomic E-state index is 8.67. The van der Waals surface area contributed by atoms with Crippen LogP contribution >= 0.6 is 0 Å². The Bertz CT molecular complexity index is 268. The fourth-order valence-corrected chi connectivity index (χ4v) is 1.59. The summed E-state index contributed by atoms with van der Waals surface area (Å²) in [5.74, 6) is 0. The molecule has 1 heterocycles. The van der Waals surface area contributed by atoms with E-state index in [2.05, 4.69) is 18.0 Å². The summed E-state index contributed by atoms with van der Waals surface area (Å²) in [7, 11) is 0. The first-order valence-electron chi connectivity index (χ1n) is 4.67. The van der Waals surface area contributed by atoms with E-state index >= 15 is 0 Å². The first-order valence-corrected chi connectivity index (χ1v) is 4.67. The van der Waals surface area contributed by atoms with Gasteiger partial charge in [0.2, 0.25) is 0 Å². The Balaban J connectivity index is 2.64. The van der Waals surface area contributed by atoms with E-state index in [0.29, 0.717) is 0 Å². The number of H-pyrrole nitrogens is 1. The number of aryl methyl sites for hydroxylation is 2. The molecule has 0 aliphatic rings. The van der Waals surface area contributed by atoms with Crippen molar-refractivity contribution in [1.29, 1.82) is 0 Å². The van der Waals surface area contributed by atoms with Crippen LogP contribution in [0, 0.1) is 13.8 Å². The van der Waals surface area contributed by atoms with Gasteiger partial charge >= 0.3 is 0 Å². The first kappa shape index (κ1) is 10.3. The Labute approximate surface area is 79.0 Å². The molecule has 4 N–H and O–H groups in total. The van der Waals surface area contributed by atoms with Gasteiger partial charge in [-0.3, -0.25) is 0 Å². The summed E-state index contributed by atoms with van der Waals surface area (Å²) in [5.41, 5.74) is 9.41. The van der Waals surface area contributed by atoms with Crippen LogP contribution in [-0.2, 0) is 0 Å². The first-order chi connectivity index (χ1) is 6.15. The largest absolute Gasteiger partial charge is 0.396 e. The lowest BCUT2D eigenvalue weighted by molar-refractivity contribution is 0.279. The predicted molar refractivity (Wildman–Crippen MR) is 53.5 cm³/mol. The molecule has 1 atom stereocenters. The fraction of sp³-hybridized carbons (Fsp3) is 0.600. The number of rotatable bonds is 4. The van der Waals surface area contributed by atoms with Crippen molar-refractivity contribution in [1.82, 2.24) is 4.98 Å². The quantitative estimate of drug-likeness (QED) is 0.659. The molecule has 0 fully saturated rings. The molecule has 3 nitrogen and oxygen atoms in total. The molecule has 0 bridgehead atoms. The van der Waals surface area contributed by atoms with Gasteiger partial charge < -0.3 is 15.8 Å². The van der Waals surface area contributed by atoms with Gasteiger partial charge in [0.25, 0.3) is 0 Å². The number of aromatic amines is 1. The van der Waals surface area contributed by atoms with E-state index in [1.807, 2.05) is 6.92 Å². The van der Waals surface area contributed by atoms with Crippen molar-refractivity contribution < 1.29 is 5.11 Å². The van der Waals surface area contributed by atoms with Crippen LogP contribution < -0.4 is 5.73 Å². The van der Waals surface area contributed by atoms with Crippen molar-refractivity contribution >= 4 is 0 Å². The molecule has 0 radical (unpaired) electrons. The van der Waals surface area contributed by atoms with E-state index in [9.17, 15) is 0 Å². The molecule has 3 heteroatoms. The summed E-state index contributed by atoms with van der Waals surface area (Å²) in [6.45, 7) is 4.29. The zero-order valence-corrected chi connectivity index (χ0v) is 8.30. The lowest BCUT2D eigenvalue weighted by Crippen LogP contribution is -2.12. The summed E-state index contributed by atoms with van der Waals surface area (Å²) >= 11 is 0. The van der Waals surface area contributed by atoms with E-state index in [1.165, 1.54) is 5.56 Å². The zero-order chi connectivity index (χ0) is 9.84. The summed E-state index contributed by atoms with van der Waals surface area (Å²) in [5, 5.41) is 8.67. The third kappa shape index (κ3) is 2.57. The average Bonchev–Trinajstić information content (AvgIpc) is 2.41. The second-order valence-corrected chi connectivity index (χ2v) is 3.52. The van der Waals surface area contributed by atoms with Gasteiger partial charge in [-0.15, -0.1) is 0 Å². The third-order valence-electron chi connectivity index (χ3n) is 2.23. The molecule has 0 amide bonds. The molecule has 0 aliphatic carbocycles. The summed E-state index contributed by atoms with van der Waals surface area (Å²) in [6, 6.07) is 2.12. The zero-order valence-electron chi connectivity index (χ0n) is 8.30. The van der Waals surface area contributed by atoms with Gasteiger partial charge in [-0.25, -0.2) is 0 Å². The highest BCUT2D eigenvalue weighted by molar-refractivity contribution is 5.26. The van der Waals surface area contributed by atoms with Crippen LogP contribution in [0.2, 0.25) is 0 Å². The van der Waals surface area contributed by atoms with Crippen molar-refractivity contribution in [3.8, 4) is 0 Å². The monoisotopic (exact) mass is 182 g/mol. The van der Waals surface area contributed by atoms with Crippen molar-refractivity contribution in [3.05, 3.63) is 23.0 Å². The molecule has 1 aromatic rings. The minimum Gasteiger partial charge on any atom is -0.396 e. The van der Waals surface area contributed by atoms with Gasteiger partial charge in [0, 0.05) is 24.0 Å². The highest BCUT2D eigenvalue weighted by Crippen LogP contribution is 2.19. The van der Waals surface area contributed by atoms with Gasteiger partial charge in [-0.1, -0.05) is 0 Å². The van der Waals surface area contributed by atoms with Crippen LogP contribution in [0.15, 0.2) is 6.07 Å². The van der Waals surface area contributed by atoms with E-state index in [0.717, 1.165) is 24.2 Å². The normalized spacial score (nSPS) is 13.2. The molecule has 74 valence electrons. The SMILES string of the molecule is Cc1cc(C)c([C@H](N)CCCO)[nH]1. The number of aliphatic hydroxyl groups excluding tert-OH is 1. The summed E-state index contributed by atoms with van der Waals surface area (Å²) in [6.07, 6.45) is 1.59. The van der Waals surface area contributed by atoms with Crippen LogP contribution in [-0.4, -0.2) is 16.7 Å². The highest BCUT2D eigenvalue weighted by atomic mass is 16.2. The van der Waals surface area contributed by atoms with Gasteiger partial charge in [0.15, 0.2) is 0 Å². The predicted octanol–water partition coefficient (Wildman–Crippen LogP) is 1.40. The molecule has 0 saturated heterocycles. The lowest BCUT2D eigenvalue weighted by atomic mass is 10.1. The van der Waals surface area contributed by atoms with Crippen LogP contribution in [0.25, 0.3) is 0 Å². The molecular weight excluding hydrogens is 164 g/mol. The minimum absolute atomic E-state index is 0.0286. The van der Waals surface area contributed by atoms with Crippen molar-refractivity contribution in [3.63, 3.8) is 0 Å². The number of nitrogens with one attached hydrogen (secondary N) is 1. The molecule has 0 aromatic carbocycles. The number of nitrogens with two attached hydrogens (primary N) is 1. The van der Waals surface area contributed by atoms with Crippen molar-refractivity contribution in [2.75, 3.05) is 6.61 Å².